The molecule has 1 aromatic heterocycles. The van der Waals surface area contributed by atoms with Crippen molar-refractivity contribution in [1.29, 1.82) is 0 Å². The molecule has 2 aromatic rings. The van der Waals surface area contributed by atoms with E-state index in [9.17, 15) is 0 Å². The summed E-state index contributed by atoms with van der Waals surface area (Å²) in [5.74, 6) is 1.08. The zero-order chi connectivity index (χ0) is 12.4. The van der Waals surface area contributed by atoms with Crippen molar-refractivity contribution in [3.05, 3.63) is 48.5 Å². The van der Waals surface area contributed by atoms with Crippen molar-refractivity contribution in [2.45, 2.75) is 19.0 Å². The van der Waals surface area contributed by atoms with E-state index in [1.807, 2.05) is 30.6 Å². The van der Waals surface area contributed by atoms with Gasteiger partial charge in [0.25, 0.3) is 0 Å². The van der Waals surface area contributed by atoms with Gasteiger partial charge in [-0.15, -0.1) is 12.4 Å². The standard InChI is InChI=1S/C14H18N4.ClH/c15-12-6-8-17(10-12)11-14-16-7-9-18(14)13-4-2-1-3-5-13;/h1-5,7,9,12H,6,8,10-11,15H2;1H/t12-;/m1./s1. The van der Waals surface area contributed by atoms with E-state index < -0.39 is 0 Å². The van der Waals surface area contributed by atoms with Crippen molar-refractivity contribution in [2.24, 2.45) is 5.73 Å². The second-order valence-corrected chi connectivity index (χ2v) is 4.83. The minimum absolute atomic E-state index is 0. The first-order valence-electron chi connectivity index (χ1n) is 6.38. The number of para-hydroxylation sites is 1. The van der Waals surface area contributed by atoms with Gasteiger partial charge < -0.3 is 10.3 Å². The highest BCUT2D eigenvalue weighted by atomic mass is 35.5. The van der Waals surface area contributed by atoms with Crippen LogP contribution in [0.15, 0.2) is 42.7 Å². The number of hydrogen-bond donors (Lipinski definition) is 1. The second kappa shape index (κ2) is 6.19. The molecule has 1 fully saturated rings. The highest BCUT2D eigenvalue weighted by Crippen LogP contribution is 2.14. The summed E-state index contributed by atoms with van der Waals surface area (Å²) in [6.07, 6.45) is 4.96. The van der Waals surface area contributed by atoms with Gasteiger partial charge in [0.05, 0.1) is 6.54 Å². The molecule has 0 spiro atoms. The first-order valence-corrected chi connectivity index (χ1v) is 6.38. The van der Waals surface area contributed by atoms with E-state index in [-0.39, 0.29) is 12.4 Å². The highest BCUT2D eigenvalue weighted by molar-refractivity contribution is 5.85. The van der Waals surface area contributed by atoms with E-state index in [4.69, 9.17) is 5.73 Å². The third-order valence-electron chi connectivity index (χ3n) is 3.43. The molecule has 2 heterocycles. The van der Waals surface area contributed by atoms with Crippen LogP contribution >= 0.6 is 12.4 Å². The van der Waals surface area contributed by atoms with Crippen LogP contribution in [-0.4, -0.2) is 33.6 Å². The number of benzene rings is 1. The average Bonchev–Trinajstić information content (AvgIpc) is 3.00. The normalized spacial score (nSPS) is 19.3. The van der Waals surface area contributed by atoms with E-state index in [2.05, 4.69) is 26.6 Å². The molecule has 3 rings (SSSR count). The van der Waals surface area contributed by atoms with Gasteiger partial charge >= 0.3 is 0 Å². The Hall–Kier alpha value is -1.36. The molecule has 0 aliphatic carbocycles. The van der Waals surface area contributed by atoms with Crippen molar-refractivity contribution >= 4 is 12.4 Å². The molecule has 1 saturated heterocycles. The molecule has 2 N–H and O–H groups in total. The summed E-state index contributed by atoms with van der Waals surface area (Å²) in [5, 5.41) is 0. The third-order valence-corrected chi connectivity index (χ3v) is 3.43. The van der Waals surface area contributed by atoms with Crippen LogP contribution in [0, 0.1) is 0 Å². The predicted octanol–water partition coefficient (Wildman–Crippen LogP) is 1.83. The second-order valence-electron chi connectivity index (χ2n) is 4.83. The lowest BCUT2D eigenvalue weighted by Gasteiger charge is -2.16. The molecule has 1 aliphatic heterocycles. The summed E-state index contributed by atoms with van der Waals surface area (Å²) in [5.41, 5.74) is 7.10. The summed E-state index contributed by atoms with van der Waals surface area (Å²) < 4.78 is 2.14. The summed E-state index contributed by atoms with van der Waals surface area (Å²) in [6, 6.07) is 10.6. The molecule has 0 saturated carbocycles. The van der Waals surface area contributed by atoms with Crippen molar-refractivity contribution < 1.29 is 0 Å². The first kappa shape index (κ1) is 14.1. The summed E-state index contributed by atoms with van der Waals surface area (Å²) in [6.45, 7) is 2.92. The van der Waals surface area contributed by atoms with E-state index in [1.54, 1.807) is 0 Å². The Morgan fingerprint density at radius 1 is 1.26 bits per heavy atom. The van der Waals surface area contributed by atoms with Gasteiger partial charge in [-0.25, -0.2) is 4.98 Å². The van der Waals surface area contributed by atoms with Crippen LogP contribution in [-0.2, 0) is 6.54 Å². The van der Waals surface area contributed by atoms with Gasteiger partial charge in [0.1, 0.15) is 5.82 Å². The fraction of sp³-hybridized carbons (Fsp3) is 0.357. The molecule has 0 amide bonds. The van der Waals surface area contributed by atoms with Crippen LogP contribution in [0.3, 0.4) is 0 Å². The monoisotopic (exact) mass is 278 g/mol. The lowest BCUT2D eigenvalue weighted by Crippen LogP contribution is -2.27. The van der Waals surface area contributed by atoms with Gasteiger partial charge in [-0.3, -0.25) is 4.90 Å². The molecule has 5 heteroatoms. The Morgan fingerprint density at radius 2 is 2.05 bits per heavy atom. The van der Waals surface area contributed by atoms with Gasteiger partial charge in [-0.1, -0.05) is 18.2 Å². The fourth-order valence-electron chi connectivity index (χ4n) is 2.48. The summed E-state index contributed by atoms with van der Waals surface area (Å²) >= 11 is 0. The van der Waals surface area contributed by atoms with Gasteiger partial charge in [0, 0.05) is 37.2 Å². The lowest BCUT2D eigenvalue weighted by atomic mass is 10.3. The average molecular weight is 279 g/mol. The summed E-state index contributed by atoms with van der Waals surface area (Å²) in [7, 11) is 0. The molecule has 102 valence electrons. The number of imidazole rings is 1. The van der Waals surface area contributed by atoms with Crippen LogP contribution in [0.1, 0.15) is 12.2 Å². The van der Waals surface area contributed by atoms with Gasteiger partial charge in [0.15, 0.2) is 0 Å². The number of rotatable bonds is 3. The highest BCUT2D eigenvalue weighted by Gasteiger charge is 2.20. The van der Waals surface area contributed by atoms with Crippen LogP contribution < -0.4 is 5.73 Å². The SMILES string of the molecule is Cl.N[C@@H]1CCN(Cc2nccn2-c2ccccc2)C1. The predicted molar refractivity (Wildman–Crippen MR) is 78.7 cm³/mol. The van der Waals surface area contributed by atoms with Gasteiger partial charge in [-0.2, -0.15) is 0 Å². The number of halogens is 1. The van der Waals surface area contributed by atoms with Gasteiger partial charge in [-0.05, 0) is 18.6 Å². The Bertz CT molecular complexity index is 511. The van der Waals surface area contributed by atoms with Crippen molar-refractivity contribution in [3.8, 4) is 5.69 Å². The largest absolute Gasteiger partial charge is 0.326 e. The van der Waals surface area contributed by atoms with E-state index in [0.29, 0.717) is 6.04 Å². The lowest BCUT2D eigenvalue weighted by molar-refractivity contribution is 0.316. The maximum absolute atomic E-state index is 5.93. The smallest absolute Gasteiger partial charge is 0.127 e. The van der Waals surface area contributed by atoms with Crippen molar-refractivity contribution in [2.75, 3.05) is 13.1 Å². The molecule has 4 nitrogen and oxygen atoms in total. The summed E-state index contributed by atoms with van der Waals surface area (Å²) in [4.78, 5) is 6.83. The molecular weight excluding hydrogens is 260 g/mol. The van der Waals surface area contributed by atoms with Crippen LogP contribution in [0.4, 0.5) is 0 Å². The molecule has 0 radical (unpaired) electrons. The number of nitrogens with two attached hydrogens (primary N) is 1. The van der Waals surface area contributed by atoms with Gasteiger partial charge in [0.2, 0.25) is 0 Å². The van der Waals surface area contributed by atoms with E-state index in [0.717, 1.165) is 37.6 Å². The zero-order valence-corrected chi connectivity index (χ0v) is 11.6. The fourth-order valence-corrected chi connectivity index (χ4v) is 2.48. The molecular formula is C14H19ClN4. The quantitative estimate of drug-likeness (QED) is 0.932. The van der Waals surface area contributed by atoms with Crippen molar-refractivity contribution in [1.82, 2.24) is 14.5 Å². The number of aromatic nitrogens is 2. The van der Waals surface area contributed by atoms with Crippen LogP contribution in [0.2, 0.25) is 0 Å². The minimum Gasteiger partial charge on any atom is -0.326 e. The number of nitrogens with zero attached hydrogens (tertiary/aromatic N) is 3. The Morgan fingerprint density at radius 3 is 2.74 bits per heavy atom. The number of likely N-dealkylation sites (tertiary alicyclic amines) is 1. The maximum Gasteiger partial charge on any atom is 0.127 e. The maximum atomic E-state index is 5.93. The zero-order valence-electron chi connectivity index (χ0n) is 10.8. The van der Waals surface area contributed by atoms with E-state index >= 15 is 0 Å². The molecule has 1 atom stereocenters. The molecule has 0 bridgehead atoms. The number of hydrogen-bond acceptors (Lipinski definition) is 3. The molecule has 19 heavy (non-hydrogen) atoms. The van der Waals surface area contributed by atoms with E-state index in [1.165, 1.54) is 0 Å². The Balaban J connectivity index is 0.00000133. The molecule has 0 unspecified atom stereocenters. The van der Waals surface area contributed by atoms with Crippen LogP contribution in [0.5, 0.6) is 0 Å². The van der Waals surface area contributed by atoms with Crippen molar-refractivity contribution in [3.63, 3.8) is 0 Å². The molecule has 1 aromatic carbocycles. The minimum atomic E-state index is 0. The topological polar surface area (TPSA) is 47.1 Å². The Labute approximate surface area is 119 Å². The molecule has 1 aliphatic rings. The first-order chi connectivity index (χ1) is 8.83. The van der Waals surface area contributed by atoms with Crippen LogP contribution in [0.25, 0.3) is 5.69 Å². The third kappa shape index (κ3) is 3.15. The Kier molecular flexibility index (Phi) is 4.58.